The maximum Gasteiger partial charge on any atom is 0.112 e. The van der Waals surface area contributed by atoms with Crippen molar-refractivity contribution in [3.05, 3.63) is 127 Å². The zero-order chi connectivity index (χ0) is 18.4. The van der Waals surface area contributed by atoms with E-state index in [1.165, 1.54) is 21.5 Å². The summed E-state index contributed by atoms with van der Waals surface area (Å²) in [5, 5.41) is 4.37. The molecule has 0 aromatic heterocycles. The minimum absolute atomic E-state index is 0. The lowest BCUT2D eigenvalue weighted by Crippen LogP contribution is -3.00. The first-order chi connectivity index (χ1) is 13.4. The molecule has 28 heavy (non-hydrogen) atoms. The van der Waals surface area contributed by atoms with Crippen molar-refractivity contribution >= 4 is 23.2 Å². The second kappa shape index (κ2) is 9.82. The van der Waals surface area contributed by atoms with E-state index in [0.29, 0.717) is 0 Å². The van der Waals surface area contributed by atoms with Crippen LogP contribution in [0.1, 0.15) is 5.56 Å². The molecule has 140 valence electrons. The Morgan fingerprint density at radius 3 is 1.11 bits per heavy atom. The van der Waals surface area contributed by atoms with Crippen molar-refractivity contribution < 1.29 is 17.0 Å². The van der Waals surface area contributed by atoms with Crippen LogP contribution in [0.2, 0.25) is 0 Å². The molecule has 0 amide bonds. The Morgan fingerprint density at radius 1 is 0.429 bits per heavy atom. The average Bonchev–Trinajstić information content (AvgIpc) is 2.77. The van der Waals surface area contributed by atoms with Crippen LogP contribution in [0.15, 0.2) is 121 Å². The highest BCUT2D eigenvalue weighted by atomic mass is 79.9. The van der Waals surface area contributed by atoms with Gasteiger partial charge in [-0.05, 0) is 42.0 Å². The number of rotatable bonds is 6. The van der Waals surface area contributed by atoms with Gasteiger partial charge in [-0.2, -0.15) is 0 Å². The lowest BCUT2D eigenvalue weighted by molar-refractivity contribution is -0.00000520. The maximum atomic E-state index is 2.32. The van der Waals surface area contributed by atoms with Gasteiger partial charge < -0.3 is 17.0 Å². The van der Waals surface area contributed by atoms with Crippen molar-refractivity contribution in [1.29, 1.82) is 0 Å². The number of hydrogen-bond acceptors (Lipinski definition) is 0. The second-order valence-corrected chi connectivity index (χ2v) is 10.4. The summed E-state index contributed by atoms with van der Waals surface area (Å²) < 4.78 is 0. The van der Waals surface area contributed by atoms with Crippen LogP contribution in [0, 0.1) is 0 Å². The predicted molar refractivity (Wildman–Crippen MR) is 120 cm³/mol. The zero-order valence-electron chi connectivity index (χ0n) is 15.8. The third-order valence-corrected chi connectivity index (χ3v) is 9.60. The van der Waals surface area contributed by atoms with Gasteiger partial charge >= 0.3 is 0 Å². The van der Waals surface area contributed by atoms with Gasteiger partial charge in [0.1, 0.15) is 23.2 Å². The SMILES string of the molecule is [Br-].c1ccc(CC[P+](c2ccccc2)(c2ccccc2)c2ccccc2)cc1. The molecule has 0 bridgehead atoms. The predicted octanol–water partition coefficient (Wildman–Crippen LogP) is 2.23. The summed E-state index contributed by atoms with van der Waals surface area (Å²) >= 11 is 0. The molecule has 4 aromatic carbocycles. The quantitative estimate of drug-likeness (QED) is 0.398. The smallest absolute Gasteiger partial charge is 0.112 e. The third kappa shape index (κ3) is 4.27. The second-order valence-electron chi connectivity index (χ2n) is 6.78. The highest BCUT2D eigenvalue weighted by Crippen LogP contribution is 2.55. The maximum absolute atomic E-state index is 2.32. The zero-order valence-corrected chi connectivity index (χ0v) is 18.3. The average molecular weight is 447 g/mol. The van der Waals surface area contributed by atoms with Crippen molar-refractivity contribution in [2.24, 2.45) is 0 Å². The van der Waals surface area contributed by atoms with E-state index in [1.807, 2.05) is 0 Å². The molecule has 4 rings (SSSR count). The molecule has 0 heterocycles. The van der Waals surface area contributed by atoms with Gasteiger partial charge in [0, 0.05) is 6.42 Å². The minimum Gasteiger partial charge on any atom is -1.00 e. The normalized spacial score (nSPS) is 10.9. The fourth-order valence-corrected chi connectivity index (χ4v) is 8.13. The van der Waals surface area contributed by atoms with Crippen LogP contribution >= 0.6 is 7.26 Å². The molecule has 0 radical (unpaired) electrons. The van der Waals surface area contributed by atoms with E-state index in [4.69, 9.17) is 0 Å². The summed E-state index contributed by atoms with van der Waals surface area (Å²) in [5.41, 5.74) is 1.41. The molecule has 0 nitrogen and oxygen atoms in total. The van der Waals surface area contributed by atoms with Gasteiger partial charge in [0.25, 0.3) is 0 Å². The summed E-state index contributed by atoms with van der Waals surface area (Å²) in [6, 6.07) is 44.2. The van der Waals surface area contributed by atoms with Gasteiger partial charge in [0.2, 0.25) is 0 Å². The number of hydrogen-bond donors (Lipinski definition) is 0. The largest absolute Gasteiger partial charge is 1.00 e. The minimum atomic E-state index is -1.72. The number of halogens is 1. The molecule has 0 spiro atoms. The first kappa shape index (κ1) is 20.5. The lowest BCUT2D eigenvalue weighted by Gasteiger charge is -2.27. The van der Waals surface area contributed by atoms with Crippen LogP contribution < -0.4 is 32.9 Å². The van der Waals surface area contributed by atoms with Gasteiger partial charge in [-0.15, -0.1) is 0 Å². The van der Waals surface area contributed by atoms with Crippen molar-refractivity contribution in [3.8, 4) is 0 Å². The standard InChI is InChI=1S/C26H24P.BrH/c1-5-13-23(14-6-1)21-22-27(24-15-7-2-8-16-24,25-17-9-3-10-18-25)26-19-11-4-12-20-26;/h1-20H,21-22H2;1H/q+1;/p-1. The molecule has 2 heteroatoms. The van der Waals surface area contributed by atoms with Crippen molar-refractivity contribution in [1.82, 2.24) is 0 Å². The highest BCUT2D eigenvalue weighted by Gasteiger charge is 2.44. The van der Waals surface area contributed by atoms with Gasteiger partial charge in [-0.25, -0.2) is 0 Å². The first-order valence-corrected chi connectivity index (χ1v) is 11.5. The molecule has 0 fully saturated rings. The van der Waals surface area contributed by atoms with Crippen LogP contribution in [0.25, 0.3) is 0 Å². The highest BCUT2D eigenvalue weighted by molar-refractivity contribution is 7.95. The van der Waals surface area contributed by atoms with E-state index in [2.05, 4.69) is 121 Å². The van der Waals surface area contributed by atoms with Gasteiger partial charge in [0.15, 0.2) is 0 Å². The van der Waals surface area contributed by atoms with Crippen LogP contribution in [0.3, 0.4) is 0 Å². The fraction of sp³-hybridized carbons (Fsp3) is 0.0769. The van der Waals surface area contributed by atoms with E-state index in [9.17, 15) is 0 Å². The van der Waals surface area contributed by atoms with E-state index in [-0.39, 0.29) is 17.0 Å². The van der Waals surface area contributed by atoms with E-state index in [0.717, 1.165) is 12.6 Å². The molecule has 0 unspecified atom stereocenters. The Hall–Kier alpha value is -2.21. The van der Waals surface area contributed by atoms with Crippen LogP contribution in [0.5, 0.6) is 0 Å². The number of benzene rings is 4. The molecule has 0 aliphatic rings. The summed E-state index contributed by atoms with van der Waals surface area (Å²) in [5.74, 6) is 0. The Balaban J connectivity index is 0.00000225. The summed E-state index contributed by atoms with van der Waals surface area (Å²) in [6.07, 6.45) is 2.21. The summed E-state index contributed by atoms with van der Waals surface area (Å²) in [6.45, 7) is 0. The molecule has 0 saturated heterocycles. The van der Waals surface area contributed by atoms with E-state index >= 15 is 0 Å². The Bertz CT molecular complexity index is 858. The molecule has 0 N–H and O–H groups in total. The van der Waals surface area contributed by atoms with Crippen LogP contribution in [0.4, 0.5) is 0 Å². The van der Waals surface area contributed by atoms with Crippen molar-refractivity contribution in [3.63, 3.8) is 0 Å². The monoisotopic (exact) mass is 446 g/mol. The molecular weight excluding hydrogens is 423 g/mol. The van der Waals surface area contributed by atoms with Gasteiger partial charge in [-0.3, -0.25) is 0 Å². The molecule has 4 aromatic rings. The van der Waals surface area contributed by atoms with E-state index < -0.39 is 7.26 Å². The van der Waals surface area contributed by atoms with Crippen LogP contribution in [-0.2, 0) is 6.42 Å². The lowest BCUT2D eigenvalue weighted by atomic mass is 10.2. The Labute approximate surface area is 179 Å². The third-order valence-electron chi connectivity index (χ3n) is 5.17. The molecule has 0 aliphatic carbocycles. The van der Waals surface area contributed by atoms with Crippen molar-refractivity contribution in [2.45, 2.75) is 6.42 Å². The summed E-state index contributed by atoms with van der Waals surface area (Å²) in [7, 11) is -1.72. The molecule has 0 atom stereocenters. The Morgan fingerprint density at radius 2 is 0.750 bits per heavy atom. The van der Waals surface area contributed by atoms with E-state index in [1.54, 1.807) is 0 Å². The molecule has 0 saturated carbocycles. The molecule has 0 aliphatic heterocycles. The van der Waals surface area contributed by atoms with Crippen molar-refractivity contribution in [2.75, 3.05) is 6.16 Å². The fourth-order valence-electron chi connectivity index (χ4n) is 3.82. The van der Waals surface area contributed by atoms with Gasteiger partial charge in [0.05, 0.1) is 6.16 Å². The summed E-state index contributed by atoms with van der Waals surface area (Å²) in [4.78, 5) is 0. The first-order valence-electron chi connectivity index (χ1n) is 9.48. The number of aryl methyl sites for hydroxylation is 1. The topological polar surface area (TPSA) is 0 Å². The molecular formula is C26H24BrP. The van der Waals surface area contributed by atoms with Gasteiger partial charge in [-0.1, -0.05) is 84.9 Å². The van der Waals surface area contributed by atoms with Crippen LogP contribution in [-0.4, -0.2) is 6.16 Å². The Kier molecular flexibility index (Phi) is 7.20.